The number of hydrogen-bond donors (Lipinski definition) is 0. The molecule has 0 saturated carbocycles. The summed E-state index contributed by atoms with van der Waals surface area (Å²) >= 11 is 0. The zero-order valence-corrected chi connectivity index (χ0v) is 10.4. The highest BCUT2D eigenvalue weighted by Gasteiger charge is 2.24. The van der Waals surface area contributed by atoms with Gasteiger partial charge in [0.05, 0.1) is 6.61 Å². The van der Waals surface area contributed by atoms with Crippen molar-refractivity contribution in [2.24, 2.45) is 5.41 Å². The fourth-order valence-corrected chi connectivity index (χ4v) is 1.71. The van der Waals surface area contributed by atoms with Crippen molar-refractivity contribution < 1.29 is 9.53 Å². The maximum absolute atomic E-state index is 11.7. The maximum Gasteiger partial charge on any atom is 0.139 e. The van der Waals surface area contributed by atoms with Crippen LogP contribution in [0.3, 0.4) is 0 Å². The summed E-state index contributed by atoms with van der Waals surface area (Å²) in [5, 5.41) is 0. The monoisotopic (exact) mass is 213 g/mol. The number of hydrogen-bond acceptors (Lipinski definition) is 3. The van der Waals surface area contributed by atoms with Crippen LogP contribution in [0.25, 0.3) is 0 Å². The van der Waals surface area contributed by atoms with E-state index < -0.39 is 0 Å². The van der Waals surface area contributed by atoms with Gasteiger partial charge < -0.3 is 9.64 Å². The summed E-state index contributed by atoms with van der Waals surface area (Å²) in [6.07, 6.45) is 1.75. The molecule has 1 rings (SSSR count). The Bertz CT molecular complexity index is 214. The van der Waals surface area contributed by atoms with Crippen LogP contribution in [0.4, 0.5) is 0 Å². The second-order valence-electron chi connectivity index (χ2n) is 5.42. The Kier molecular flexibility index (Phi) is 4.29. The molecular formula is C12H23NO2. The van der Waals surface area contributed by atoms with Crippen molar-refractivity contribution in [3.8, 4) is 0 Å². The molecule has 1 atom stereocenters. The lowest BCUT2D eigenvalue weighted by Crippen LogP contribution is -2.35. The third-order valence-electron chi connectivity index (χ3n) is 3.06. The van der Waals surface area contributed by atoms with Crippen LogP contribution in [-0.4, -0.2) is 43.5 Å². The topological polar surface area (TPSA) is 29.5 Å². The molecule has 1 aliphatic heterocycles. The smallest absolute Gasteiger partial charge is 0.139 e. The van der Waals surface area contributed by atoms with Gasteiger partial charge in [-0.25, -0.2) is 0 Å². The van der Waals surface area contributed by atoms with E-state index in [-0.39, 0.29) is 5.41 Å². The average Bonchev–Trinajstić information content (AvgIpc) is 2.64. The predicted molar refractivity (Wildman–Crippen MR) is 60.9 cm³/mol. The highest BCUT2D eigenvalue weighted by molar-refractivity contribution is 5.83. The molecule has 1 saturated heterocycles. The highest BCUT2D eigenvalue weighted by Crippen LogP contribution is 2.18. The Morgan fingerprint density at radius 1 is 1.47 bits per heavy atom. The van der Waals surface area contributed by atoms with Crippen molar-refractivity contribution in [2.75, 3.05) is 26.8 Å². The molecule has 0 aromatic heterocycles. The molecule has 1 fully saturated rings. The molecule has 0 N–H and O–H groups in total. The summed E-state index contributed by atoms with van der Waals surface area (Å²) in [5.74, 6) is 0.341. The van der Waals surface area contributed by atoms with E-state index in [2.05, 4.69) is 11.9 Å². The molecule has 0 aromatic rings. The summed E-state index contributed by atoms with van der Waals surface area (Å²) in [6.45, 7) is 8.47. The maximum atomic E-state index is 11.7. The number of ketones is 1. The summed E-state index contributed by atoms with van der Waals surface area (Å²) in [6, 6.07) is 0.512. The molecule has 0 aliphatic carbocycles. The largest absolute Gasteiger partial charge is 0.380 e. The summed E-state index contributed by atoms with van der Waals surface area (Å²) in [5.41, 5.74) is -0.201. The van der Waals surface area contributed by atoms with E-state index in [1.165, 1.54) is 0 Å². The predicted octanol–water partition coefficient (Wildman–Crippen LogP) is 1.71. The van der Waals surface area contributed by atoms with Gasteiger partial charge in [0.15, 0.2) is 0 Å². The molecule has 3 heteroatoms. The van der Waals surface area contributed by atoms with Crippen LogP contribution in [0.2, 0.25) is 0 Å². The van der Waals surface area contributed by atoms with Crippen LogP contribution in [0, 0.1) is 5.41 Å². The molecule has 0 amide bonds. The first-order valence-electron chi connectivity index (χ1n) is 5.72. The first-order valence-corrected chi connectivity index (χ1v) is 5.72. The van der Waals surface area contributed by atoms with Gasteiger partial charge in [0.1, 0.15) is 5.78 Å². The van der Waals surface area contributed by atoms with Gasteiger partial charge in [0.25, 0.3) is 0 Å². The standard InChI is InChI=1S/C12H23NO2/c1-12(2,3)11(14)5-7-13(4)10-6-8-15-9-10/h10H,5-9H2,1-4H3. The molecule has 0 bridgehead atoms. The van der Waals surface area contributed by atoms with Crippen LogP contribution in [0.5, 0.6) is 0 Å². The van der Waals surface area contributed by atoms with E-state index in [9.17, 15) is 4.79 Å². The highest BCUT2D eigenvalue weighted by atomic mass is 16.5. The lowest BCUT2D eigenvalue weighted by Gasteiger charge is -2.24. The van der Waals surface area contributed by atoms with Gasteiger partial charge in [-0.3, -0.25) is 4.79 Å². The Morgan fingerprint density at radius 2 is 2.13 bits per heavy atom. The van der Waals surface area contributed by atoms with Crippen LogP contribution < -0.4 is 0 Å². The number of carbonyl (C=O) groups is 1. The molecular weight excluding hydrogens is 190 g/mol. The molecule has 0 radical (unpaired) electrons. The van der Waals surface area contributed by atoms with E-state index in [4.69, 9.17) is 4.74 Å². The minimum atomic E-state index is -0.201. The van der Waals surface area contributed by atoms with Crippen LogP contribution in [-0.2, 0) is 9.53 Å². The van der Waals surface area contributed by atoms with Crippen molar-refractivity contribution in [3.05, 3.63) is 0 Å². The normalized spacial score (nSPS) is 22.3. The van der Waals surface area contributed by atoms with Gasteiger partial charge in [-0.2, -0.15) is 0 Å². The summed E-state index contributed by atoms with van der Waals surface area (Å²) in [4.78, 5) is 14.0. The molecule has 15 heavy (non-hydrogen) atoms. The number of Topliss-reactive ketones (excluding diaryl/α,β-unsaturated/α-hetero) is 1. The quantitative estimate of drug-likeness (QED) is 0.712. The minimum absolute atomic E-state index is 0.201. The van der Waals surface area contributed by atoms with E-state index in [0.29, 0.717) is 18.2 Å². The van der Waals surface area contributed by atoms with Gasteiger partial charge in [0.2, 0.25) is 0 Å². The molecule has 0 spiro atoms. The number of likely N-dealkylation sites (N-methyl/N-ethyl adjacent to an activating group) is 1. The number of ether oxygens (including phenoxy) is 1. The fraction of sp³-hybridized carbons (Fsp3) is 0.917. The van der Waals surface area contributed by atoms with Gasteiger partial charge >= 0.3 is 0 Å². The number of rotatable bonds is 4. The Balaban J connectivity index is 2.27. The first-order chi connectivity index (χ1) is 6.91. The third-order valence-corrected chi connectivity index (χ3v) is 3.06. The van der Waals surface area contributed by atoms with Gasteiger partial charge in [0, 0.05) is 31.0 Å². The van der Waals surface area contributed by atoms with Gasteiger partial charge in [-0.05, 0) is 13.5 Å². The Morgan fingerprint density at radius 3 is 2.60 bits per heavy atom. The van der Waals surface area contributed by atoms with Crippen molar-refractivity contribution in [2.45, 2.75) is 39.7 Å². The van der Waals surface area contributed by atoms with Gasteiger partial charge in [-0.1, -0.05) is 20.8 Å². The van der Waals surface area contributed by atoms with E-state index in [1.54, 1.807) is 0 Å². The molecule has 1 heterocycles. The van der Waals surface area contributed by atoms with Crippen LogP contribution >= 0.6 is 0 Å². The van der Waals surface area contributed by atoms with Crippen molar-refractivity contribution >= 4 is 5.78 Å². The molecule has 1 unspecified atom stereocenters. The zero-order valence-electron chi connectivity index (χ0n) is 10.4. The Hall–Kier alpha value is -0.410. The van der Waals surface area contributed by atoms with Gasteiger partial charge in [-0.15, -0.1) is 0 Å². The lowest BCUT2D eigenvalue weighted by atomic mass is 9.89. The zero-order chi connectivity index (χ0) is 11.5. The van der Waals surface area contributed by atoms with E-state index >= 15 is 0 Å². The van der Waals surface area contributed by atoms with Crippen LogP contribution in [0.1, 0.15) is 33.6 Å². The second-order valence-corrected chi connectivity index (χ2v) is 5.42. The number of nitrogens with zero attached hydrogens (tertiary/aromatic N) is 1. The van der Waals surface area contributed by atoms with E-state index in [1.807, 2.05) is 20.8 Å². The van der Waals surface area contributed by atoms with Crippen molar-refractivity contribution in [1.82, 2.24) is 4.90 Å². The minimum Gasteiger partial charge on any atom is -0.380 e. The number of carbonyl (C=O) groups excluding carboxylic acids is 1. The molecule has 3 nitrogen and oxygen atoms in total. The fourth-order valence-electron chi connectivity index (χ4n) is 1.71. The third kappa shape index (κ3) is 3.92. The molecule has 0 aromatic carbocycles. The lowest BCUT2D eigenvalue weighted by molar-refractivity contribution is -0.126. The van der Waals surface area contributed by atoms with Crippen molar-refractivity contribution in [3.63, 3.8) is 0 Å². The molecule has 1 aliphatic rings. The Labute approximate surface area is 92.8 Å². The SMILES string of the molecule is CN(CCC(=O)C(C)(C)C)C1CCOC1. The first kappa shape index (κ1) is 12.7. The van der Waals surface area contributed by atoms with Crippen LogP contribution in [0.15, 0.2) is 0 Å². The average molecular weight is 213 g/mol. The van der Waals surface area contributed by atoms with E-state index in [0.717, 1.165) is 26.2 Å². The summed E-state index contributed by atoms with van der Waals surface area (Å²) in [7, 11) is 2.08. The summed E-state index contributed by atoms with van der Waals surface area (Å²) < 4.78 is 5.33. The molecule has 88 valence electrons. The van der Waals surface area contributed by atoms with Crippen molar-refractivity contribution in [1.29, 1.82) is 0 Å². The second kappa shape index (κ2) is 5.08.